The average Bonchev–Trinajstić information content (AvgIpc) is 2.57. The van der Waals surface area contributed by atoms with Gasteiger partial charge in [-0.15, -0.1) is 0 Å². The number of benzene rings is 1. The minimum atomic E-state index is -0.928. The minimum absolute atomic E-state index is 0.284. The molecule has 0 atom stereocenters. The number of rotatable bonds is 3. The van der Waals surface area contributed by atoms with Gasteiger partial charge >= 0.3 is 5.97 Å². The molecule has 0 fully saturated rings. The molecule has 0 saturated carbocycles. The van der Waals surface area contributed by atoms with Gasteiger partial charge in [0.2, 0.25) is 0 Å². The summed E-state index contributed by atoms with van der Waals surface area (Å²) in [6, 6.07) is 6.84. The molecule has 0 aliphatic rings. The molecular formula is C12H13NO3. The molecule has 16 heavy (non-hydrogen) atoms. The second-order valence-corrected chi connectivity index (χ2v) is 3.97. The maximum atomic E-state index is 11.0. The molecule has 84 valence electrons. The normalized spacial score (nSPS) is 11.2. The molecule has 0 aliphatic heterocycles. The van der Waals surface area contributed by atoms with Crippen LogP contribution in [0.3, 0.4) is 0 Å². The Morgan fingerprint density at radius 3 is 2.81 bits per heavy atom. The highest BCUT2D eigenvalue weighted by Gasteiger charge is 2.12. The molecule has 4 heteroatoms. The van der Waals surface area contributed by atoms with Crippen molar-refractivity contribution >= 4 is 16.9 Å². The van der Waals surface area contributed by atoms with Gasteiger partial charge in [-0.2, -0.15) is 0 Å². The number of carboxylic acids is 1. The Kier molecular flexibility index (Phi) is 2.66. The Hall–Kier alpha value is -1.81. The molecule has 0 aliphatic carbocycles. The molecule has 0 unspecified atom stereocenters. The van der Waals surface area contributed by atoms with Crippen LogP contribution in [0.2, 0.25) is 0 Å². The van der Waals surface area contributed by atoms with Crippen LogP contribution in [0.1, 0.15) is 16.1 Å². The molecule has 2 aromatic rings. The molecule has 4 nitrogen and oxygen atoms in total. The Bertz CT molecular complexity index is 528. The number of aromatic carboxylic acids is 1. The summed E-state index contributed by atoms with van der Waals surface area (Å²) >= 11 is 0. The van der Waals surface area contributed by atoms with Gasteiger partial charge in [0, 0.05) is 5.39 Å². The molecule has 0 bridgehead atoms. The first kappa shape index (κ1) is 10.7. The van der Waals surface area contributed by atoms with Crippen LogP contribution in [0, 0.1) is 0 Å². The molecule has 0 saturated heterocycles. The van der Waals surface area contributed by atoms with Crippen LogP contribution >= 0.6 is 0 Å². The highest BCUT2D eigenvalue weighted by Crippen LogP contribution is 2.23. The fourth-order valence-corrected chi connectivity index (χ4v) is 1.69. The third-order valence-corrected chi connectivity index (χ3v) is 2.31. The molecule has 0 amide bonds. The first-order valence-electron chi connectivity index (χ1n) is 4.97. The van der Waals surface area contributed by atoms with Gasteiger partial charge in [0.15, 0.2) is 0 Å². The van der Waals surface area contributed by atoms with E-state index < -0.39 is 5.97 Å². The van der Waals surface area contributed by atoms with Crippen molar-refractivity contribution in [2.24, 2.45) is 0 Å². The van der Waals surface area contributed by atoms with Crippen molar-refractivity contribution in [3.05, 3.63) is 35.6 Å². The number of hydrogen-bond donors (Lipinski definition) is 1. The fourth-order valence-electron chi connectivity index (χ4n) is 1.69. The Morgan fingerprint density at radius 1 is 1.44 bits per heavy atom. The van der Waals surface area contributed by atoms with E-state index in [1.54, 1.807) is 24.3 Å². The number of carbonyl (C=O) groups is 1. The number of carboxylic acid groups (broad SMARTS) is 1. The second-order valence-electron chi connectivity index (χ2n) is 3.97. The second kappa shape index (κ2) is 3.98. The van der Waals surface area contributed by atoms with Gasteiger partial charge in [0.1, 0.15) is 11.3 Å². The van der Waals surface area contributed by atoms with Crippen molar-refractivity contribution in [2.75, 3.05) is 14.1 Å². The summed E-state index contributed by atoms with van der Waals surface area (Å²) < 4.78 is 5.56. The van der Waals surface area contributed by atoms with Gasteiger partial charge in [-0.05, 0) is 32.3 Å². The van der Waals surface area contributed by atoms with Gasteiger partial charge in [-0.25, -0.2) is 4.79 Å². The molecule has 0 spiro atoms. The zero-order valence-corrected chi connectivity index (χ0v) is 9.23. The summed E-state index contributed by atoms with van der Waals surface area (Å²) in [6.45, 7) is 0.660. The topological polar surface area (TPSA) is 53.7 Å². The zero-order valence-electron chi connectivity index (χ0n) is 9.23. The summed E-state index contributed by atoms with van der Waals surface area (Å²) in [4.78, 5) is 13.0. The van der Waals surface area contributed by atoms with Crippen molar-refractivity contribution < 1.29 is 14.3 Å². The highest BCUT2D eigenvalue weighted by molar-refractivity contribution is 6.02. The monoisotopic (exact) mass is 219 g/mol. The Balaban J connectivity index is 2.52. The van der Waals surface area contributed by atoms with Crippen LogP contribution in [0.25, 0.3) is 11.0 Å². The predicted octanol–water partition coefficient (Wildman–Crippen LogP) is 2.19. The molecule has 2 rings (SSSR count). The van der Waals surface area contributed by atoms with E-state index in [1.807, 2.05) is 19.0 Å². The van der Waals surface area contributed by atoms with Gasteiger partial charge in [-0.3, -0.25) is 0 Å². The van der Waals surface area contributed by atoms with E-state index in [0.717, 1.165) is 5.76 Å². The minimum Gasteiger partial charge on any atom is -0.478 e. The molecular weight excluding hydrogens is 206 g/mol. The molecule has 0 radical (unpaired) electrons. The van der Waals surface area contributed by atoms with Gasteiger partial charge in [0.25, 0.3) is 0 Å². The number of furan rings is 1. The molecule has 1 heterocycles. The van der Waals surface area contributed by atoms with Crippen LogP contribution in [0.5, 0.6) is 0 Å². The molecule has 1 aromatic heterocycles. The quantitative estimate of drug-likeness (QED) is 0.859. The summed E-state index contributed by atoms with van der Waals surface area (Å²) in [5, 5.41) is 9.68. The molecule has 1 N–H and O–H groups in total. The lowest BCUT2D eigenvalue weighted by Crippen LogP contribution is -2.09. The predicted molar refractivity (Wildman–Crippen MR) is 60.6 cm³/mol. The van der Waals surface area contributed by atoms with Crippen molar-refractivity contribution in [3.8, 4) is 0 Å². The van der Waals surface area contributed by atoms with Gasteiger partial charge in [-0.1, -0.05) is 6.07 Å². The van der Waals surface area contributed by atoms with E-state index in [9.17, 15) is 4.79 Å². The maximum Gasteiger partial charge on any atom is 0.336 e. The first-order valence-corrected chi connectivity index (χ1v) is 4.97. The number of fused-ring (bicyclic) bond motifs is 1. The van der Waals surface area contributed by atoms with E-state index in [2.05, 4.69) is 0 Å². The SMILES string of the molecule is CN(C)Cc1cc2c(C(=O)O)cccc2o1. The Morgan fingerprint density at radius 2 is 2.19 bits per heavy atom. The van der Waals surface area contributed by atoms with Gasteiger partial charge in [0.05, 0.1) is 12.1 Å². The van der Waals surface area contributed by atoms with E-state index in [1.165, 1.54) is 0 Å². The lowest BCUT2D eigenvalue weighted by molar-refractivity contribution is 0.0699. The van der Waals surface area contributed by atoms with Crippen molar-refractivity contribution in [2.45, 2.75) is 6.54 Å². The summed E-state index contributed by atoms with van der Waals surface area (Å²) in [5.74, 6) is -0.156. The number of hydrogen-bond acceptors (Lipinski definition) is 3. The van der Waals surface area contributed by atoms with E-state index >= 15 is 0 Å². The van der Waals surface area contributed by atoms with Crippen LogP contribution in [0.4, 0.5) is 0 Å². The van der Waals surface area contributed by atoms with E-state index in [-0.39, 0.29) is 5.56 Å². The van der Waals surface area contributed by atoms with Crippen molar-refractivity contribution in [1.29, 1.82) is 0 Å². The fraction of sp³-hybridized carbons (Fsp3) is 0.250. The van der Waals surface area contributed by atoms with Crippen LogP contribution in [-0.4, -0.2) is 30.1 Å². The smallest absolute Gasteiger partial charge is 0.336 e. The van der Waals surface area contributed by atoms with Gasteiger partial charge < -0.3 is 14.4 Å². The maximum absolute atomic E-state index is 11.0. The number of nitrogens with zero attached hydrogens (tertiary/aromatic N) is 1. The lowest BCUT2D eigenvalue weighted by atomic mass is 10.1. The largest absolute Gasteiger partial charge is 0.478 e. The third kappa shape index (κ3) is 1.92. The van der Waals surface area contributed by atoms with E-state index in [4.69, 9.17) is 9.52 Å². The summed E-state index contributed by atoms with van der Waals surface area (Å²) in [6.07, 6.45) is 0. The summed E-state index contributed by atoms with van der Waals surface area (Å²) in [5.41, 5.74) is 0.906. The molecule has 1 aromatic carbocycles. The van der Waals surface area contributed by atoms with Crippen molar-refractivity contribution in [3.63, 3.8) is 0 Å². The van der Waals surface area contributed by atoms with Crippen LogP contribution in [-0.2, 0) is 6.54 Å². The first-order chi connectivity index (χ1) is 7.58. The Labute approximate surface area is 93.1 Å². The van der Waals surface area contributed by atoms with E-state index in [0.29, 0.717) is 17.5 Å². The standard InChI is InChI=1S/C12H13NO3/c1-13(2)7-8-6-10-9(12(14)15)4-3-5-11(10)16-8/h3-6H,7H2,1-2H3,(H,14,15). The van der Waals surface area contributed by atoms with Crippen LogP contribution in [0.15, 0.2) is 28.7 Å². The van der Waals surface area contributed by atoms with Crippen LogP contribution < -0.4 is 0 Å². The highest BCUT2D eigenvalue weighted by atomic mass is 16.4. The average molecular weight is 219 g/mol. The zero-order chi connectivity index (χ0) is 11.7. The summed E-state index contributed by atoms with van der Waals surface area (Å²) in [7, 11) is 3.87. The lowest BCUT2D eigenvalue weighted by Gasteiger charge is -2.04. The van der Waals surface area contributed by atoms with Crippen molar-refractivity contribution in [1.82, 2.24) is 4.90 Å². The third-order valence-electron chi connectivity index (χ3n) is 2.31.